The first-order chi connectivity index (χ1) is 27.5. The van der Waals surface area contributed by atoms with Crippen LogP contribution in [0.2, 0.25) is 0 Å². The Hall–Kier alpha value is -0.760. The van der Waals surface area contributed by atoms with Gasteiger partial charge in [0, 0.05) is 6.42 Å². The van der Waals surface area contributed by atoms with E-state index in [1.807, 2.05) is 21.1 Å². The molecule has 0 saturated carbocycles. The minimum absolute atomic E-state index is 0.0750. The van der Waals surface area contributed by atoms with Crippen molar-refractivity contribution in [3.63, 3.8) is 0 Å². The molecule has 57 heavy (non-hydrogen) atoms. The number of hydrogen-bond donors (Lipinski definition) is 3. The molecule has 0 saturated heterocycles. The van der Waals surface area contributed by atoms with Gasteiger partial charge in [-0.15, -0.1) is 0 Å². The topological polar surface area (TPSA) is 105 Å². The molecule has 0 radical (unpaired) electrons. The highest BCUT2D eigenvalue weighted by Gasteiger charge is 2.28. The lowest BCUT2D eigenvalue weighted by atomic mass is 10.0. The number of rotatable bonds is 45. The first-order valence-corrected chi connectivity index (χ1v) is 26.0. The molecule has 0 aromatic heterocycles. The van der Waals surface area contributed by atoms with Gasteiger partial charge in [-0.1, -0.05) is 206 Å². The normalized spacial score (nSPS) is 14.3. The fourth-order valence-electron chi connectivity index (χ4n) is 7.34. The molecule has 0 aliphatic heterocycles. The summed E-state index contributed by atoms with van der Waals surface area (Å²) in [5.41, 5.74) is 0. The highest BCUT2D eigenvalue weighted by molar-refractivity contribution is 7.47. The smallest absolute Gasteiger partial charge is 0.391 e. The predicted octanol–water partition coefficient (Wildman–Crippen LogP) is 13.9. The molecule has 8 nitrogen and oxygen atoms in total. The molecule has 0 aliphatic rings. The van der Waals surface area contributed by atoms with Gasteiger partial charge in [0.1, 0.15) is 13.2 Å². The number of carbonyl (C=O) groups is 1. The number of aliphatic hydroxyl groups excluding tert-OH is 1. The Kier molecular flexibility index (Phi) is 40.1. The fourth-order valence-corrected chi connectivity index (χ4v) is 8.07. The Balaban J connectivity index is 4.19. The molecule has 3 atom stereocenters. The van der Waals surface area contributed by atoms with Gasteiger partial charge < -0.3 is 19.8 Å². The van der Waals surface area contributed by atoms with Crippen LogP contribution in [-0.4, -0.2) is 73.4 Å². The maximum atomic E-state index is 12.9. The zero-order chi connectivity index (χ0) is 42.1. The molecule has 3 unspecified atom stereocenters. The molecule has 0 rings (SSSR count). The van der Waals surface area contributed by atoms with Crippen LogP contribution in [0.15, 0.2) is 12.2 Å². The van der Waals surface area contributed by atoms with Crippen molar-refractivity contribution in [3.05, 3.63) is 12.2 Å². The number of unbranched alkanes of at least 4 members (excludes halogenated alkanes) is 30. The molecule has 0 spiro atoms. The molecule has 0 bridgehead atoms. The summed E-state index contributed by atoms with van der Waals surface area (Å²) in [6.45, 7) is 4.88. The highest BCUT2D eigenvalue weighted by Crippen LogP contribution is 2.43. The number of amides is 1. The minimum Gasteiger partial charge on any atom is -0.391 e. The van der Waals surface area contributed by atoms with Crippen LogP contribution in [0.1, 0.15) is 239 Å². The minimum atomic E-state index is -4.31. The van der Waals surface area contributed by atoms with Crippen molar-refractivity contribution in [1.29, 1.82) is 0 Å². The van der Waals surface area contributed by atoms with E-state index in [0.717, 1.165) is 51.4 Å². The molecule has 0 aliphatic carbocycles. The molecule has 3 N–H and O–H groups in total. The average Bonchev–Trinajstić information content (AvgIpc) is 3.16. The Morgan fingerprint density at radius 1 is 0.579 bits per heavy atom. The van der Waals surface area contributed by atoms with E-state index in [2.05, 4.69) is 31.3 Å². The summed E-state index contributed by atoms with van der Waals surface area (Å²) in [6, 6.07) is -0.760. The summed E-state index contributed by atoms with van der Waals surface area (Å²) in [7, 11) is 1.62. The zero-order valence-corrected chi connectivity index (χ0v) is 39.5. The van der Waals surface area contributed by atoms with Gasteiger partial charge in [-0.2, -0.15) is 0 Å². The molecule has 0 aromatic carbocycles. The number of nitrogens with zero attached hydrogens (tertiary/aromatic N) is 1. The van der Waals surface area contributed by atoms with Gasteiger partial charge in [-0.3, -0.25) is 13.8 Å². The van der Waals surface area contributed by atoms with Crippen molar-refractivity contribution < 1.29 is 32.9 Å². The molecule has 0 heterocycles. The Morgan fingerprint density at radius 2 is 0.947 bits per heavy atom. The number of phosphoric ester groups is 1. The van der Waals surface area contributed by atoms with E-state index in [-0.39, 0.29) is 19.1 Å². The van der Waals surface area contributed by atoms with Crippen molar-refractivity contribution in [1.82, 2.24) is 5.32 Å². The van der Waals surface area contributed by atoms with Gasteiger partial charge in [-0.05, 0) is 38.5 Å². The van der Waals surface area contributed by atoms with E-state index < -0.39 is 20.0 Å². The van der Waals surface area contributed by atoms with Gasteiger partial charge in [0.25, 0.3) is 0 Å². The van der Waals surface area contributed by atoms with Gasteiger partial charge in [0.2, 0.25) is 5.91 Å². The van der Waals surface area contributed by atoms with Crippen molar-refractivity contribution in [3.8, 4) is 0 Å². The summed E-state index contributed by atoms with van der Waals surface area (Å²) in [4.78, 5) is 23.1. The second-order valence-corrected chi connectivity index (χ2v) is 19.6. The highest BCUT2D eigenvalue weighted by atomic mass is 31.2. The second-order valence-electron chi connectivity index (χ2n) is 18.2. The summed E-state index contributed by atoms with van der Waals surface area (Å²) >= 11 is 0. The maximum absolute atomic E-state index is 12.9. The second kappa shape index (κ2) is 40.6. The van der Waals surface area contributed by atoms with E-state index in [1.54, 1.807) is 0 Å². The number of carbonyl (C=O) groups excluding carboxylic acids is 1. The predicted molar refractivity (Wildman–Crippen MR) is 245 cm³/mol. The third-order valence-electron chi connectivity index (χ3n) is 11.3. The summed E-state index contributed by atoms with van der Waals surface area (Å²) in [5, 5.41) is 14.0. The Labute approximate surface area is 354 Å². The lowest BCUT2D eigenvalue weighted by molar-refractivity contribution is -0.870. The molecule has 0 fully saturated rings. The molecule has 1 amide bonds. The van der Waals surface area contributed by atoms with Crippen LogP contribution >= 0.6 is 7.82 Å². The van der Waals surface area contributed by atoms with Crippen LogP contribution in [0.4, 0.5) is 0 Å². The SMILES string of the molecule is CCCCC/C=C\CCCCCCCC(=O)NC(COP(=O)(O)OCC[N+](C)(C)C)C(O)CCCCCCCCCCCCCCCCCCCCCCCCC. The van der Waals surface area contributed by atoms with Crippen LogP contribution in [0.3, 0.4) is 0 Å². The summed E-state index contributed by atoms with van der Waals surface area (Å²) in [6.07, 6.45) is 46.8. The van der Waals surface area contributed by atoms with Crippen molar-refractivity contribution in [2.45, 2.75) is 251 Å². The first-order valence-electron chi connectivity index (χ1n) is 24.6. The van der Waals surface area contributed by atoms with E-state index in [1.165, 1.54) is 161 Å². The molecule has 0 aromatic rings. The van der Waals surface area contributed by atoms with Crippen LogP contribution in [0.5, 0.6) is 0 Å². The van der Waals surface area contributed by atoms with Crippen LogP contribution in [0.25, 0.3) is 0 Å². The number of hydrogen-bond acceptors (Lipinski definition) is 5. The van der Waals surface area contributed by atoms with Crippen LogP contribution in [-0.2, 0) is 18.4 Å². The molecular formula is C48H98N2O6P+. The number of quaternary nitrogens is 1. The quantitative estimate of drug-likeness (QED) is 0.0244. The maximum Gasteiger partial charge on any atom is 0.472 e. The van der Waals surface area contributed by atoms with Crippen molar-refractivity contribution in [2.75, 3.05) is 40.9 Å². The number of allylic oxidation sites excluding steroid dienone is 2. The fraction of sp³-hybridized carbons (Fsp3) is 0.938. The van der Waals surface area contributed by atoms with E-state index >= 15 is 0 Å². The number of phosphoric acid groups is 1. The summed E-state index contributed by atoms with van der Waals surface area (Å²) in [5.74, 6) is -0.152. The lowest BCUT2D eigenvalue weighted by Gasteiger charge is -2.26. The Morgan fingerprint density at radius 3 is 1.39 bits per heavy atom. The third-order valence-corrected chi connectivity index (χ3v) is 12.2. The summed E-state index contributed by atoms with van der Waals surface area (Å²) < 4.78 is 23.7. The van der Waals surface area contributed by atoms with E-state index in [9.17, 15) is 19.4 Å². The molecule has 340 valence electrons. The van der Waals surface area contributed by atoms with Gasteiger partial charge in [0.15, 0.2) is 0 Å². The monoisotopic (exact) mass is 830 g/mol. The molecule has 9 heteroatoms. The lowest BCUT2D eigenvalue weighted by Crippen LogP contribution is -2.46. The van der Waals surface area contributed by atoms with Gasteiger partial charge in [0.05, 0.1) is 39.9 Å². The van der Waals surface area contributed by atoms with Crippen molar-refractivity contribution in [2.24, 2.45) is 0 Å². The molecular weight excluding hydrogens is 732 g/mol. The zero-order valence-electron chi connectivity index (χ0n) is 38.6. The van der Waals surface area contributed by atoms with Crippen LogP contribution < -0.4 is 5.32 Å². The van der Waals surface area contributed by atoms with Crippen LogP contribution in [0, 0.1) is 0 Å². The number of nitrogens with one attached hydrogen (secondary N) is 1. The number of likely N-dealkylation sites (N-methyl/N-ethyl adjacent to an activating group) is 1. The van der Waals surface area contributed by atoms with E-state index in [0.29, 0.717) is 23.9 Å². The number of aliphatic hydroxyl groups is 1. The standard InChI is InChI=1S/C48H97N2O6P/c1-6-8-10-12-14-16-18-20-21-22-23-24-25-26-27-28-29-30-31-33-35-37-39-41-47(51)46(45-56-57(53,54)55-44-43-50(3,4)5)49-48(52)42-40-38-36-34-32-19-17-15-13-11-9-7-2/h15,17,46-47,51H,6-14,16,18-45H2,1-5H3,(H-,49,52,53,54)/p+1/b17-15-. The van der Waals surface area contributed by atoms with Crippen molar-refractivity contribution >= 4 is 13.7 Å². The van der Waals surface area contributed by atoms with Gasteiger partial charge >= 0.3 is 7.82 Å². The Bertz CT molecular complexity index is 942. The third kappa shape index (κ3) is 43.1. The first kappa shape index (κ1) is 56.2. The van der Waals surface area contributed by atoms with Gasteiger partial charge in [-0.25, -0.2) is 4.57 Å². The van der Waals surface area contributed by atoms with E-state index in [4.69, 9.17) is 9.05 Å². The average molecular weight is 830 g/mol. The largest absolute Gasteiger partial charge is 0.472 e.